The molecule has 0 spiro atoms. The van der Waals surface area contributed by atoms with Gasteiger partial charge >= 0.3 is 0 Å². The van der Waals surface area contributed by atoms with Crippen LogP contribution in [0.2, 0.25) is 0 Å². The van der Waals surface area contributed by atoms with Crippen LogP contribution in [-0.2, 0) is 0 Å². The maximum absolute atomic E-state index is 5.78. The smallest absolute Gasteiger partial charge is 0.127 e. The molecule has 1 aromatic heterocycles. The first-order chi connectivity index (χ1) is 8.60. The summed E-state index contributed by atoms with van der Waals surface area (Å²) in [6.07, 6.45) is 8.52. The number of pyridine rings is 1. The topological polar surface area (TPSA) is 50.9 Å². The van der Waals surface area contributed by atoms with Crippen molar-refractivity contribution in [1.29, 1.82) is 0 Å². The summed E-state index contributed by atoms with van der Waals surface area (Å²) in [5.41, 5.74) is 7.02. The minimum absolute atomic E-state index is 0.473. The Morgan fingerprint density at radius 1 is 1.39 bits per heavy atom. The van der Waals surface area contributed by atoms with Gasteiger partial charge in [-0.25, -0.2) is 4.98 Å². The van der Waals surface area contributed by atoms with Crippen LogP contribution in [-0.4, -0.2) is 11.5 Å². The Labute approximate surface area is 110 Å². The Morgan fingerprint density at radius 2 is 2.11 bits per heavy atom. The Hall–Kier alpha value is -1.25. The van der Waals surface area contributed by atoms with Crippen molar-refractivity contribution in [3.05, 3.63) is 18.3 Å². The molecule has 3 N–H and O–H groups in total. The molecule has 0 radical (unpaired) electrons. The molecular formula is C15H25N3. The van der Waals surface area contributed by atoms with Crippen molar-refractivity contribution in [1.82, 2.24) is 4.98 Å². The average Bonchev–Trinajstić information content (AvgIpc) is 2.75. The van der Waals surface area contributed by atoms with Crippen LogP contribution in [0.25, 0.3) is 0 Å². The van der Waals surface area contributed by atoms with Gasteiger partial charge in [-0.2, -0.15) is 0 Å². The number of nitrogens with zero attached hydrogens (tertiary/aromatic N) is 1. The molecule has 18 heavy (non-hydrogen) atoms. The van der Waals surface area contributed by atoms with E-state index in [-0.39, 0.29) is 0 Å². The van der Waals surface area contributed by atoms with Gasteiger partial charge in [0.05, 0.1) is 0 Å². The Morgan fingerprint density at radius 3 is 2.72 bits per heavy atom. The monoisotopic (exact) mass is 247 g/mol. The van der Waals surface area contributed by atoms with E-state index in [4.69, 9.17) is 5.73 Å². The lowest BCUT2D eigenvalue weighted by Crippen LogP contribution is -2.28. The molecule has 0 amide bonds. The molecule has 3 heteroatoms. The number of nitrogens with one attached hydrogen (secondary N) is 1. The van der Waals surface area contributed by atoms with Gasteiger partial charge < -0.3 is 11.1 Å². The van der Waals surface area contributed by atoms with E-state index in [0.717, 1.165) is 24.0 Å². The van der Waals surface area contributed by atoms with Gasteiger partial charge in [0.2, 0.25) is 0 Å². The van der Waals surface area contributed by atoms with E-state index in [1.807, 2.05) is 12.1 Å². The summed E-state index contributed by atoms with van der Waals surface area (Å²) in [6, 6.07) is 3.74. The number of anilines is 2. The third-order valence-electron chi connectivity index (χ3n) is 3.93. The molecule has 0 atom stereocenters. The molecule has 100 valence electrons. The molecule has 1 aliphatic rings. The summed E-state index contributed by atoms with van der Waals surface area (Å²) >= 11 is 0. The predicted molar refractivity (Wildman–Crippen MR) is 77.5 cm³/mol. The molecule has 0 bridgehead atoms. The lowest BCUT2D eigenvalue weighted by molar-refractivity contribution is 0.252. The first-order valence-electron chi connectivity index (χ1n) is 7.05. The van der Waals surface area contributed by atoms with Gasteiger partial charge in [-0.15, -0.1) is 0 Å². The highest BCUT2D eigenvalue weighted by atomic mass is 15.0. The van der Waals surface area contributed by atoms with Crippen molar-refractivity contribution < 1.29 is 0 Å². The lowest BCUT2D eigenvalue weighted by Gasteiger charge is -2.31. The third kappa shape index (κ3) is 3.37. The minimum atomic E-state index is 0.473. The number of nitrogens with two attached hydrogens (primary N) is 1. The molecule has 3 nitrogen and oxygen atoms in total. The highest BCUT2D eigenvalue weighted by molar-refractivity contribution is 5.48. The van der Waals surface area contributed by atoms with Crippen LogP contribution in [0.5, 0.6) is 0 Å². The molecule has 1 heterocycles. The van der Waals surface area contributed by atoms with Crippen LogP contribution in [0.1, 0.15) is 46.0 Å². The first kappa shape index (κ1) is 13.2. The number of rotatable bonds is 5. The zero-order chi connectivity index (χ0) is 13.0. The van der Waals surface area contributed by atoms with E-state index in [2.05, 4.69) is 24.1 Å². The van der Waals surface area contributed by atoms with Crippen LogP contribution in [0, 0.1) is 11.3 Å². The number of hydrogen-bond donors (Lipinski definition) is 2. The van der Waals surface area contributed by atoms with E-state index >= 15 is 0 Å². The van der Waals surface area contributed by atoms with Crippen LogP contribution >= 0.6 is 0 Å². The summed E-state index contributed by atoms with van der Waals surface area (Å²) in [6.45, 7) is 5.67. The van der Waals surface area contributed by atoms with Gasteiger partial charge in [-0.05, 0) is 36.7 Å². The largest absolute Gasteiger partial charge is 0.399 e. The summed E-state index contributed by atoms with van der Waals surface area (Å²) in [4.78, 5) is 4.32. The fourth-order valence-electron chi connectivity index (χ4n) is 3.27. The van der Waals surface area contributed by atoms with Crippen molar-refractivity contribution in [3.8, 4) is 0 Å². The van der Waals surface area contributed by atoms with Crippen LogP contribution < -0.4 is 11.1 Å². The fourth-order valence-corrected chi connectivity index (χ4v) is 3.27. The normalized spacial score (nSPS) is 18.2. The Kier molecular flexibility index (Phi) is 4.10. The third-order valence-corrected chi connectivity index (χ3v) is 3.93. The second-order valence-corrected chi connectivity index (χ2v) is 6.13. The van der Waals surface area contributed by atoms with E-state index in [0.29, 0.717) is 5.41 Å². The highest BCUT2D eigenvalue weighted by Crippen LogP contribution is 2.43. The minimum Gasteiger partial charge on any atom is -0.399 e. The van der Waals surface area contributed by atoms with Gasteiger partial charge in [0.25, 0.3) is 0 Å². The van der Waals surface area contributed by atoms with Crippen molar-refractivity contribution in [2.75, 3.05) is 17.6 Å². The zero-order valence-electron chi connectivity index (χ0n) is 11.6. The predicted octanol–water partition coefficient (Wildman–Crippen LogP) is 3.68. The molecular weight excluding hydrogens is 222 g/mol. The van der Waals surface area contributed by atoms with Crippen molar-refractivity contribution >= 4 is 11.5 Å². The van der Waals surface area contributed by atoms with E-state index in [1.54, 1.807) is 6.20 Å². The van der Waals surface area contributed by atoms with Gasteiger partial charge in [0.15, 0.2) is 0 Å². The fraction of sp³-hybridized carbons (Fsp3) is 0.667. The van der Waals surface area contributed by atoms with Crippen molar-refractivity contribution in [2.24, 2.45) is 11.3 Å². The van der Waals surface area contributed by atoms with E-state index in [9.17, 15) is 0 Å². The molecule has 0 saturated heterocycles. The summed E-state index contributed by atoms with van der Waals surface area (Å²) in [5.74, 6) is 1.67. The average molecular weight is 247 g/mol. The molecule has 1 aromatic rings. The molecule has 0 aromatic carbocycles. The van der Waals surface area contributed by atoms with E-state index < -0.39 is 0 Å². The van der Waals surface area contributed by atoms with Gasteiger partial charge in [-0.1, -0.05) is 26.7 Å². The van der Waals surface area contributed by atoms with Crippen LogP contribution in [0.4, 0.5) is 11.5 Å². The maximum Gasteiger partial charge on any atom is 0.127 e. The van der Waals surface area contributed by atoms with Gasteiger partial charge in [0.1, 0.15) is 5.82 Å². The Bertz CT molecular complexity index is 381. The van der Waals surface area contributed by atoms with Crippen LogP contribution in [0.15, 0.2) is 18.3 Å². The zero-order valence-corrected chi connectivity index (χ0v) is 11.6. The van der Waals surface area contributed by atoms with Crippen molar-refractivity contribution in [2.45, 2.75) is 46.0 Å². The number of aromatic nitrogens is 1. The second-order valence-electron chi connectivity index (χ2n) is 6.13. The van der Waals surface area contributed by atoms with E-state index in [1.165, 1.54) is 32.1 Å². The SMILES string of the molecule is CC(C)CC1(CNc2cc(N)ccn2)CCCC1. The highest BCUT2D eigenvalue weighted by Gasteiger charge is 2.34. The van der Waals surface area contributed by atoms with Gasteiger partial charge in [0, 0.05) is 24.5 Å². The molecule has 1 aliphatic carbocycles. The molecule has 1 saturated carbocycles. The summed E-state index contributed by atoms with van der Waals surface area (Å²) in [5, 5.41) is 3.48. The Balaban J connectivity index is 1.97. The maximum atomic E-state index is 5.78. The molecule has 0 unspecified atom stereocenters. The quantitative estimate of drug-likeness (QED) is 0.834. The first-order valence-corrected chi connectivity index (χ1v) is 7.05. The lowest BCUT2D eigenvalue weighted by atomic mass is 9.78. The number of hydrogen-bond acceptors (Lipinski definition) is 3. The summed E-state index contributed by atoms with van der Waals surface area (Å²) < 4.78 is 0. The molecule has 1 fully saturated rings. The van der Waals surface area contributed by atoms with Crippen molar-refractivity contribution in [3.63, 3.8) is 0 Å². The number of nitrogen functional groups attached to an aromatic ring is 1. The second kappa shape index (κ2) is 5.59. The standard InChI is InChI=1S/C15H25N3/c1-12(2)10-15(6-3-4-7-15)11-18-14-9-13(16)5-8-17-14/h5,8-9,12H,3-4,6-7,10-11H2,1-2H3,(H3,16,17,18). The van der Waals surface area contributed by atoms with Gasteiger partial charge in [-0.3, -0.25) is 0 Å². The molecule has 0 aliphatic heterocycles. The molecule has 2 rings (SSSR count). The van der Waals surface area contributed by atoms with Crippen LogP contribution in [0.3, 0.4) is 0 Å². The summed E-state index contributed by atoms with van der Waals surface area (Å²) in [7, 11) is 0.